The Morgan fingerprint density at radius 2 is 1.43 bits per heavy atom. The van der Waals surface area contributed by atoms with Crippen LogP contribution >= 0.6 is 0 Å². The van der Waals surface area contributed by atoms with Crippen LogP contribution in [0.15, 0.2) is 72.8 Å². The van der Waals surface area contributed by atoms with Crippen molar-refractivity contribution < 1.29 is 9.84 Å². The first kappa shape index (κ1) is 13.3. The predicted octanol–water partition coefficient (Wildman–Crippen LogP) is 4.73. The number of phenols is 1. The van der Waals surface area contributed by atoms with Crippen LogP contribution in [0.1, 0.15) is 0 Å². The molecule has 0 aliphatic carbocycles. The maximum Gasteiger partial charge on any atom is 0.123 e. The number of benzene rings is 3. The Labute approximate surface area is 124 Å². The average Bonchev–Trinajstić information content (AvgIpc) is 2.55. The zero-order valence-corrected chi connectivity index (χ0v) is 11.8. The molecule has 3 rings (SSSR count). The Bertz CT molecular complexity index is 749. The molecule has 0 aromatic heterocycles. The van der Waals surface area contributed by atoms with Crippen molar-refractivity contribution in [2.24, 2.45) is 0 Å². The van der Waals surface area contributed by atoms with Gasteiger partial charge in [-0.25, -0.2) is 0 Å². The summed E-state index contributed by atoms with van der Waals surface area (Å²) in [5, 5.41) is 10.2. The Morgan fingerprint density at radius 1 is 0.714 bits per heavy atom. The first-order valence-corrected chi connectivity index (χ1v) is 6.81. The number of para-hydroxylation sites is 1. The third-order valence-electron chi connectivity index (χ3n) is 3.51. The number of hydrogen-bond donors (Lipinski definition) is 1. The molecule has 2 nitrogen and oxygen atoms in total. The lowest BCUT2D eigenvalue weighted by atomic mass is 9.94. The third-order valence-corrected chi connectivity index (χ3v) is 3.51. The molecule has 0 radical (unpaired) electrons. The quantitative estimate of drug-likeness (QED) is 0.749. The van der Waals surface area contributed by atoms with Crippen molar-refractivity contribution in [2.45, 2.75) is 0 Å². The Kier molecular flexibility index (Phi) is 3.61. The van der Waals surface area contributed by atoms with Crippen molar-refractivity contribution in [1.29, 1.82) is 0 Å². The summed E-state index contributed by atoms with van der Waals surface area (Å²) < 4.78 is 5.33. The minimum Gasteiger partial charge on any atom is -0.507 e. The van der Waals surface area contributed by atoms with E-state index in [2.05, 4.69) is 12.1 Å². The molecule has 0 aliphatic rings. The van der Waals surface area contributed by atoms with Gasteiger partial charge in [-0.1, -0.05) is 54.6 Å². The molecule has 3 aromatic carbocycles. The minimum absolute atomic E-state index is 0.267. The van der Waals surface area contributed by atoms with E-state index in [1.807, 2.05) is 54.6 Å². The van der Waals surface area contributed by atoms with Gasteiger partial charge in [0.15, 0.2) is 0 Å². The van der Waals surface area contributed by atoms with E-state index in [-0.39, 0.29) is 5.75 Å². The molecule has 0 fully saturated rings. The molecular weight excluding hydrogens is 260 g/mol. The summed E-state index contributed by atoms with van der Waals surface area (Å²) in [6.45, 7) is 0. The highest BCUT2D eigenvalue weighted by Crippen LogP contribution is 2.38. The summed E-state index contributed by atoms with van der Waals surface area (Å²) >= 11 is 0. The first-order valence-electron chi connectivity index (χ1n) is 6.81. The molecule has 0 bridgehead atoms. The standard InChI is InChI=1S/C19H16O2/c1-21-15-11-12-16(14-7-3-2-4-8-14)18(13-15)17-9-5-6-10-19(17)20/h2-13,20H,1H3. The minimum atomic E-state index is 0.267. The van der Waals surface area contributed by atoms with E-state index in [0.717, 1.165) is 28.0 Å². The second kappa shape index (κ2) is 5.71. The highest BCUT2D eigenvalue weighted by atomic mass is 16.5. The third kappa shape index (κ3) is 2.61. The van der Waals surface area contributed by atoms with Gasteiger partial charge in [0.05, 0.1) is 7.11 Å². The van der Waals surface area contributed by atoms with Gasteiger partial charge in [-0.05, 0) is 34.9 Å². The fraction of sp³-hybridized carbons (Fsp3) is 0.0526. The molecule has 0 unspecified atom stereocenters. The monoisotopic (exact) mass is 276 g/mol. The van der Waals surface area contributed by atoms with E-state index in [9.17, 15) is 5.11 Å². The van der Waals surface area contributed by atoms with Gasteiger partial charge in [0.1, 0.15) is 11.5 Å². The highest BCUT2D eigenvalue weighted by molar-refractivity contribution is 5.86. The maximum absolute atomic E-state index is 10.2. The highest BCUT2D eigenvalue weighted by Gasteiger charge is 2.11. The number of rotatable bonds is 3. The molecule has 0 saturated carbocycles. The van der Waals surface area contributed by atoms with Gasteiger partial charge in [0, 0.05) is 5.56 Å². The molecule has 0 saturated heterocycles. The summed E-state index contributed by atoms with van der Waals surface area (Å²) in [7, 11) is 1.64. The predicted molar refractivity (Wildman–Crippen MR) is 85.5 cm³/mol. The fourth-order valence-corrected chi connectivity index (χ4v) is 2.44. The second-order valence-electron chi connectivity index (χ2n) is 4.79. The summed E-state index contributed by atoms with van der Waals surface area (Å²) in [5.74, 6) is 1.04. The van der Waals surface area contributed by atoms with Gasteiger partial charge in [-0.15, -0.1) is 0 Å². The maximum atomic E-state index is 10.2. The number of aromatic hydroxyl groups is 1. The molecule has 1 N–H and O–H groups in total. The molecule has 0 atom stereocenters. The summed E-state index contributed by atoms with van der Waals surface area (Å²) in [6.07, 6.45) is 0. The van der Waals surface area contributed by atoms with Gasteiger partial charge >= 0.3 is 0 Å². The lowest BCUT2D eigenvalue weighted by molar-refractivity contribution is 0.415. The smallest absolute Gasteiger partial charge is 0.123 e. The molecule has 104 valence electrons. The van der Waals surface area contributed by atoms with Gasteiger partial charge in [-0.2, -0.15) is 0 Å². The number of methoxy groups -OCH3 is 1. The van der Waals surface area contributed by atoms with E-state index in [0.29, 0.717) is 0 Å². The Morgan fingerprint density at radius 3 is 2.14 bits per heavy atom. The van der Waals surface area contributed by atoms with Crippen molar-refractivity contribution in [3.05, 3.63) is 72.8 Å². The topological polar surface area (TPSA) is 29.5 Å². The van der Waals surface area contributed by atoms with Gasteiger partial charge in [0.25, 0.3) is 0 Å². The molecule has 0 aliphatic heterocycles. The number of ether oxygens (including phenoxy) is 1. The van der Waals surface area contributed by atoms with E-state index in [1.54, 1.807) is 13.2 Å². The zero-order chi connectivity index (χ0) is 14.7. The van der Waals surface area contributed by atoms with E-state index in [4.69, 9.17) is 4.74 Å². The van der Waals surface area contributed by atoms with Crippen LogP contribution in [0.5, 0.6) is 11.5 Å². The fourth-order valence-electron chi connectivity index (χ4n) is 2.44. The van der Waals surface area contributed by atoms with E-state index in [1.165, 1.54) is 0 Å². The molecular formula is C19H16O2. The summed E-state index contributed by atoms with van der Waals surface area (Å²) in [5.41, 5.74) is 3.94. The van der Waals surface area contributed by atoms with Crippen molar-refractivity contribution in [1.82, 2.24) is 0 Å². The van der Waals surface area contributed by atoms with Crippen LogP contribution in [-0.4, -0.2) is 12.2 Å². The van der Waals surface area contributed by atoms with Crippen LogP contribution in [0.3, 0.4) is 0 Å². The van der Waals surface area contributed by atoms with Crippen LogP contribution in [0.25, 0.3) is 22.3 Å². The Balaban J connectivity index is 2.24. The molecule has 2 heteroatoms. The molecule has 0 spiro atoms. The SMILES string of the molecule is COc1ccc(-c2ccccc2)c(-c2ccccc2O)c1. The lowest BCUT2D eigenvalue weighted by Gasteiger charge is -2.13. The van der Waals surface area contributed by atoms with E-state index < -0.39 is 0 Å². The van der Waals surface area contributed by atoms with Crippen LogP contribution in [0, 0.1) is 0 Å². The first-order chi connectivity index (χ1) is 10.3. The van der Waals surface area contributed by atoms with Gasteiger partial charge < -0.3 is 9.84 Å². The van der Waals surface area contributed by atoms with Crippen molar-refractivity contribution in [2.75, 3.05) is 7.11 Å². The number of hydrogen-bond acceptors (Lipinski definition) is 2. The van der Waals surface area contributed by atoms with Gasteiger partial charge in [-0.3, -0.25) is 0 Å². The van der Waals surface area contributed by atoms with Crippen molar-refractivity contribution in [3.63, 3.8) is 0 Å². The van der Waals surface area contributed by atoms with Crippen LogP contribution in [0.2, 0.25) is 0 Å². The summed E-state index contributed by atoms with van der Waals surface area (Å²) in [4.78, 5) is 0. The van der Waals surface area contributed by atoms with Crippen LogP contribution in [0.4, 0.5) is 0 Å². The van der Waals surface area contributed by atoms with Crippen LogP contribution in [-0.2, 0) is 0 Å². The van der Waals surface area contributed by atoms with Crippen molar-refractivity contribution in [3.8, 4) is 33.8 Å². The molecule has 0 amide bonds. The zero-order valence-electron chi connectivity index (χ0n) is 11.8. The number of phenolic OH excluding ortho intramolecular Hbond substituents is 1. The molecule has 21 heavy (non-hydrogen) atoms. The lowest BCUT2D eigenvalue weighted by Crippen LogP contribution is -1.89. The Hall–Kier alpha value is -2.74. The summed E-state index contributed by atoms with van der Waals surface area (Å²) in [6, 6.07) is 23.4. The average molecular weight is 276 g/mol. The molecule has 0 heterocycles. The van der Waals surface area contributed by atoms with Gasteiger partial charge in [0.2, 0.25) is 0 Å². The largest absolute Gasteiger partial charge is 0.507 e. The van der Waals surface area contributed by atoms with Crippen LogP contribution < -0.4 is 4.74 Å². The normalized spacial score (nSPS) is 10.3. The second-order valence-corrected chi connectivity index (χ2v) is 4.79. The van der Waals surface area contributed by atoms with E-state index >= 15 is 0 Å². The molecule has 3 aromatic rings. The van der Waals surface area contributed by atoms with Crippen molar-refractivity contribution >= 4 is 0 Å².